The first-order chi connectivity index (χ1) is 8.47. The predicted molar refractivity (Wildman–Crippen MR) is 73.1 cm³/mol. The van der Waals surface area contributed by atoms with Crippen LogP contribution >= 0.6 is 11.6 Å². The molecular formula is C13H20ClN3O. The van der Waals surface area contributed by atoms with Crippen molar-refractivity contribution in [1.29, 1.82) is 0 Å². The number of halogens is 1. The van der Waals surface area contributed by atoms with Gasteiger partial charge in [-0.2, -0.15) is 0 Å². The van der Waals surface area contributed by atoms with Gasteiger partial charge >= 0.3 is 0 Å². The number of nitrogens with one attached hydrogen (secondary N) is 1. The van der Waals surface area contributed by atoms with E-state index in [1.807, 2.05) is 20.8 Å². The van der Waals surface area contributed by atoms with Crippen molar-refractivity contribution >= 4 is 17.4 Å². The largest absolute Gasteiger partial charge is 0.393 e. The summed E-state index contributed by atoms with van der Waals surface area (Å²) < 4.78 is 0. The molecule has 0 amide bonds. The molecule has 0 aliphatic heterocycles. The zero-order chi connectivity index (χ0) is 13.3. The lowest BCUT2D eigenvalue weighted by molar-refractivity contribution is 0.0486. The third-order valence-corrected chi connectivity index (χ3v) is 3.76. The van der Waals surface area contributed by atoms with Crippen molar-refractivity contribution in [2.75, 3.05) is 11.9 Å². The zero-order valence-corrected chi connectivity index (χ0v) is 11.8. The minimum Gasteiger partial charge on any atom is -0.393 e. The SMILES string of the molecule is Cc1c(Cl)nc(C(C)C)nc1NCC1CC(O)C1. The summed E-state index contributed by atoms with van der Waals surface area (Å²) in [7, 11) is 0. The van der Waals surface area contributed by atoms with Crippen molar-refractivity contribution in [2.45, 2.75) is 45.6 Å². The van der Waals surface area contributed by atoms with E-state index < -0.39 is 0 Å². The van der Waals surface area contributed by atoms with Gasteiger partial charge in [-0.1, -0.05) is 25.4 Å². The van der Waals surface area contributed by atoms with E-state index in [0.717, 1.165) is 36.6 Å². The number of aliphatic hydroxyl groups is 1. The number of aromatic nitrogens is 2. The Labute approximate surface area is 113 Å². The van der Waals surface area contributed by atoms with Crippen molar-refractivity contribution in [2.24, 2.45) is 5.92 Å². The third kappa shape index (κ3) is 2.93. The second-order valence-corrected chi connectivity index (χ2v) is 5.73. The molecule has 1 fully saturated rings. The minimum atomic E-state index is -0.113. The summed E-state index contributed by atoms with van der Waals surface area (Å²) in [5, 5.41) is 13.1. The Kier molecular flexibility index (Phi) is 4.07. The Morgan fingerprint density at radius 2 is 2.06 bits per heavy atom. The quantitative estimate of drug-likeness (QED) is 0.826. The van der Waals surface area contributed by atoms with Gasteiger partial charge < -0.3 is 10.4 Å². The summed E-state index contributed by atoms with van der Waals surface area (Å²) in [6.07, 6.45) is 1.64. The first kappa shape index (κ1) is 13.6. The van der Waals surface area contributed by atoms with Crippen molar-refractivity contribution in [3.05, 3.63) is 16.5 Å². The van der Waals surface area contributed by atoms with Gasteiger partial charge in [0.1, 0.15) is 16.8 Å². The lowest BCUT2D eigenvalue weighted by Crippen LogP contribution is -2.33. The Bertz CT molecular complexity index is 430. The van der Waals surface area contributed by atoms with Crippen LogP contribution in [0.3, 0.4) is 0 Å². The fourth-order valence-corrected chi connectivity index (χ4v) is 2.22. The van der Waals surface area contributed by atoms with E-state index in [9.17, 15) is 5.11 Å². The number of anilines is 1. The maximum absolute atomic E-state index is 9.26. The highest BCUT2D eigenvalue weighted by Crippen LogP contribution is 2.28. The van der Waals surface area contributed by atoms with E-state index >= 15 is 0 Å². The molecule has 0 radical (unpaired) electrons. The van der Waals surface area contributed by atoms with Crippen molar-refractivity contribution in [3.8, 4) is 0 Å². The monoisotopic (exact) mass is 269 g/mol. The second kappa shape index (κ2) is 5.41. The van der Waals surface area contributed by atoms with Crippen LogP contribution in [0.2, 0.25) is 5.15 Å². The normalized spacial score (nSPS) is 23.0. The average Bonchev–Trinajstić information content (AvgIpc) is 2.27. The molecule has 100 valence electrons. The van der Waals surface area contributed by atoms with Crippen molar-refractivity contribution < 1.29 is 5.11 Å². The topological polar surface area (TPSA) is 58.0 Å². The van der Waals surface area contributed by atoms with Gasteiger partial charge in [0.25, 0.3) is 0 Å². The number of hydrogen-bond acceptors (Lipinski definition) is 4. The summed E-state index contributed by atoms with van der Waals surface area (Å²) in [4.78, 5) is 8.79. The Morgan fingerprint density at radius 3 is 2.61 bits per heavy atom. The zero-order valence-electron chi connectivity index (χ0n) is 11.1. The van der Waals surface area contributed by atoms with Crippen molar-refractivity contribution in [3.63, 3.8) is 0 Å². The van der Waals surface area contributed by atoms with Crippen molar-refractivity contribution in [1.82, 2.24) is 9.97 Å². The molecule has 1 saturated carbocycles. The highest BCUT2D eigenvalue weighted by molar-refractivity contribution is 6.30. The molecular weight excluding hydrogens is 250 g/mol. The van der Waals surface area contributed by atoms with Crippen LogP contribution in [0.25, 0.3) is 0 Å². The smallest absolute Gasteiger partial charge is 0.137 e. The average molecular weight is 270 g/mol. The number of nitrogens with zero attached hydrogens (tertiary/aromatic N) is 2. The maximum Gasteiger partial charge on any atom is 0.137 e. The summed E-state index contributed by atoms with van der Waals surface area (Å²) in [6, 6.07) is 0. The first-order valence-corrected chi connectivity index (χ1v) is 6.81. The summed E-state index contributed by atoms with van der Waals surface area (Å²) >= 11 is 6.12. The fraction of sp³-hybridized carbons (Fsp3) is 0.692. The van der Waals surface area contributed by atoms with E-state index in [1.165, 1.54) is 0 Å². The van der Waals surface area contributed by atoms with Crippen LogP contribution < -0.4 is 5.32 Å². The van der Waals surface area contributed by atoms with Crippen LogP contribution in [-0.4, -0.2) is 27.7 Å². The molecule has 1 aliphatic carbocycles. The van der Waals surface area contributed by atoms with Gasteiger partial charge in [0.2, 0.25) is 0 Å². The van der Waals surface area contributed by atoms with Gasteiger partial charge in [-0.25, -0.2) is 9.97 Å². The van der Waals surface area contributed by atoms with Gasteiger partial charge in [-0.05, 0) is 25.7 Å². The minimum absolute atomic E-state index is 0.113. The Balaban J connectivity index is 2.06. The van der Waals surface area contributed by atoms with Crippen LogP contribution in [0.15, 0.2) is 0 Å². The predicted octanol–water partition coefficient (Wildman–Crippen LogP) is 2.74. The Morgan fingerprint density at radius 1 is 1.39 bits per heavy atom. The highest BCUT2D eigenvalue weighted by atomic mass is 35.5. The van der Waals surface area contributed by atoms with Crippen LogP contribution in [0.5, 0.6) is 0 Å². The molecule has 0 saturated heterocycles. The molecule has 0 spiro atoms. The van der Waals surface area contributed by atoms with E-state index in [1.54, 1.807) is 0 Å². The van der Waals surface area contributed by atoms with Crippen LogP contribution in [0, 0.1) is 12.8 Å². The molecule has 1 aromatic rings. The van der Waals surface area contributed by atoms with Gasteiger partial charge in [-0.15, -0.1) is 0 Å². The molecule has 0 unspecified atom stereocenters. The number of hydrogen-bond donors (Lipinski definition) is 2. The van der Waals surface area contributed by atoms with E-state index in [4.69, 9.17) is 11.6 Å². The lowest BCUT2D eigenvalue weighted by Gasteiger charge is -2.31. The van der Waals surface area contributed by atoms with Crippen LogP contribution in [0.4, 0.5) is 5.82 Å². The van der Waals surface area contributed by atoms with E-state index in [2.05, 4.69) is 15.3 Å². The molecule has 0 atom stereocenters. The molecule has 0 aromatic carbocycles. The van der Waals surface area contributed by atoms with E-state index in [0.29, 0.717) is 11.1 Å². The standard InChI is InChI=1S/C13H20ClN3O/c1-7(2)12-16-11(14)8(3)13(17-12)15-6-9-4-10(18)5-9/h7,9-10,18H,4-6H2,1-3H3,(H,15,16,17). The molecule has 1 aliphatic rings. The first-order valence-electron chi connectivity index (χ1n) is 6.43. The van der Waals surface area contributed by atoms with Crippen LogP contribution in [-0.2, 0) is 0 Å². The van der Waals surface area contributed by atoms with Gasteiger partial charge in [-0.3, -0.25) is 0 Å². The molecule has 4 nitrogen and oxygen atoms in total. The second-order valence-electron chi connectivity index (χ2n) is 5.37. The molecule has 5 heteroatoms. The summed E-state index contributed by atoms with van der Waals surface area (Å²) in [5.41, 5.74) is 0.890. The molecule has 2 rings (SSSR count). The molecule has 0 bridgehead atoms. The van der Waals surface area contributed by atoms with Gasteiger partial charge in [0, 0.05) is 18.0 Å². The summed E-state index contributed by atoms with van der Waals surface area (Å²) in [5.74, 6) is 2.38. The van der Waals surface area contributed by atoms with Gasteiger partial charge in [0.15, 0.2) is 0 Å². The lowest BCUT2D eigenvalue weighted by atomic mass is 9.82. The number of rotatable bonds is 4. The highest BCUT2D eigenvalue weighted by Gasteiger charge is 2.27. The molecule has 1 aromatic heterocycles. The van der Waals surface area contributed by atoms with E-state index in [-0.39, 0.29) is 12.0 Å². The third-order valence-electron chi connectivity index (χ3n) is 3.39. The maximum atomic E-state index is 9.26. The molecule has 18 heavy (non-hydrogen) atoms. The summed E-state index contributed by atoms with van der Waals surface area (Å²) in [6.45, 7) is 6.85. The molecule has 1 heterocycles. The van der Waals surface area contributed by atoms with Crippen LogP contribution in [0.1, 0.15) is 44.0 Å². The fourth-order valence-electron chi connectivity index (χ4n) is 2.04. The Hall–Kier alpha value is -0.870. The number of aliphatic hydroxyl groups excluding tert-OH is 1. The van der Waals surface area contributed by atoms with Gasteiger partial charge in [0.05, 0.1) is 6.10 Å². The molecule has 2 N–H and O–H groups in total.